The number of hydrogen-bond acceptors (Lipinski definition) is 7. The standard InChI is InChI=1S/C16H15N3O6/c1-9-5-4-6-12(10(9)2)17-15-13(18(21)22)7-11(16(20)25-3)8-14(15)19(23)24/h4-8,17H,1-3H3. The number of nitro groups is 2. The van der Waals surface area contributed by atoms with E-state index < -0.39 is 27.2 Å². The lowest BCUT2D eigenvalue weighted by atomic mass is 10.1. The predicted octanol–water partition coefficient (Wildman–Crippen LogP) is 3.65. The Morgan fingerprint density at radius 2 is 1.64 bits per heavy atom. The van der Waals surface area contributed by atoms with Crippen LogP contribution in [0.2, 0.25) is 0 Å². The molecule has 0 saturated carbocycles. The zero-order valence-corrected chi connectivity index (χ0v) is 13.7. The number of methoxy groups -OCH3 is 1. The Morgan fingerprint density at radius 3 is 2.12 bits per heavy atom. The highest BCUT2D eigenvalue weighted by atomic mass is 16.6. The van der Waals surface area contributed by atoms with Crippen LogP contribution < -0.4 is 5.32 Å². The van der Waals surface area contributed by atoms with Gasteiger partial charge in [0.1, 0.15) is 0 Å². The van der Waals surface area contributed by atoms with E-state index in [2.05, 4.69) is 10.1 Å². The molecule has 0 aliphatic rings. The van der Waals surface area contributed by atoms with Crippen molar-refractivity contribution in [2.75, 3.05) is 12.4 Å². The molecule has 2 rings (SSSR count). The van der Waals surface area contributed by atoms with Crippen LogP contribution in [0.4, 0.5) is 22.7 Å². The quantitative estimate of drug-likeness (QED) is 0.498. The highest BCUT2D eigenvalue weighted by Crippen LogP contribution is 2.38. The summed E-state index contributed by atoms with van der Waals surface area (Å²) >= 11 is 0. The van der Waals surface area contributed by atoms with Crippen LogP contribution in [-0.4, -0.2) is 22.9 Å². The number of carbonyl (C=O) groups is 1. The number of esters is 1. The molecule has 0 bridgehead atoms. The molecule has 2 aromatic carbocycles. The lowest BCUT2D eigenvalue weighted by molar-refractivity contribution is -0.392. The van der Waals surface area contributed by atoms with Crippen molar-refractivity contribution in [3.63, 3.8) is 0 Å². The summed E-state index contributed by atoms with van der Waals surface area (Å²) in [6.07, 6.45) is 0. The highest BCUT2D eigenvalue weighted by Gasteiger charge is 2.29. The number of anilines is 2. The molecule has 25 heavy (non-hydrogen) atoms. The summed E-state index contributed by atoms with van der Waals surface area (Å²) in [5.41, 5.74) is 0.469. The first-order chi connectivity index (χ1) is 11.8. The van der Waals surface area contributed by atoms with Crippen molar-refractivity contribution in [1.82, 2.24) is 0 Å². The number of rotatable bonds is 5. The summed E-state index contributed by atoms with van der Waals surface area (Å²) in [6, 6.07) is 7.14. The van der Waals surface area contributed by atoms with Crippen LogP contribution in [0.5, 0.6) is 0 Å². The van der Waals surface area contributed by atoms with Gasteiger partial charge in [-0.15, -0.1) is 0 Å². The first-order valence-electron chi connectivity index (χ1n) is 7.14. The van der Waals surface area contributed by atoms with Crippen LogP contribution in [0.25, 0.3) is 0 Å². The Hall–Kier alpha value is -3.49. The van der Waals surface area contributed by atoms with Crippen molar-refractivity contribution in [2.24, 2.45) is 0 Å². The van der Waals surface area contributed by atoms with E-state index in [0.29, 0.717) is 5.69 Å². The van der Waals surface area contributed by atoms with Gasteiger partial charge in [0, 0.05) is 17.8 Å². The minimum absolute atomic E-state index is 0.271. The molecule has 0 aromatic heterocycles. The van der Waals surface area contributed by atoms with Crippen molar-refractivity contribution >= 4 is 28.7 Å². The van der Waals surface area contributed by atoms with Gasteiger partial charge in [-0.2, -0.15) is 0 Å². The first-order valence-corrected chi connectivity index (χ1v) is 7.14. The summed E-state index contributed by atoms with van der Waals surface area (Å²) in [7, 11) is 1.09. The van der Waals surface area contributed by atoms with Crippen LogP contribution in [0.15, 0.2) is 30.3 Å². The van der Waals surface area contributed by atoms with Gasteiger partial charge in [-0.3, -0.25) is 20.2 Å². The zero-order chi connectivity index (χ0) is 18.7. The zero-order valence-electron chi connectivity index (χ0n) is 13.7. The highest BCUT2D eigenvalue weighted by molar-refractivity contribution is 5.94. The van der Waals surface area contributed by atoms with Crippen molar-refractivity contribution in [2.45, 2.75) is 13.8 Å². The molecule has 9 heteroatoms. The fourth-order valence-corrected chi connectivity index (χ4v) is 2.28. The van der Waals surface area contributed by atoms with Gasteiger partial charge in [0.05, 0.1) is 22.5 Å². The van der Waals surface area contributed by atoms with Crippen LogP contribution in [0.3, 0.4) is 0 Å². The summed E-state index contributed by atoms with van der Waals surface area (Å²) in [4.78, 5) is 32.9. The second-order valence-corrected chi connectivity index (χ2v) is 5.27. The minimum Gasteiger partial charge on any atom is -0.465 e. The van der Waals surface area contributed by atoms with Crippen LogP contribution in [0, 0.1) is 34.1 Å². The van der Waals surface area contributed by atoms with E-state index in [0.717, 1.165) is 30.4 Å². The van der Waals surface area contributed by atoms with Gasteiger partial charge < -0.3 is 10.1 Å². The molecule has 0 aliphatic heterocycles. The van der Waals surface area contributed by atoms with E-state index in [9.17, 15) is 25.0 Å². The van der Waals surface area contributed by atoms with Gasteiger partial charge in [-0.05, 0) is 31.0 Å². The smallest absolute Gasteiger partial charge is 0.338 e. The Labute approximate surface area is 142 Å². The molecule has 2 aromatic rings. The Morgan fingerprint density at radius 1 is 1.08 bits per heavy atom. The van der Waals surface area contributed by atoms with Gasteiger partial charge in [-0.25, -0.2) is 4.79 Å². The monoisotopic (exact) mass is 345 g/mol. The van der Waals surface area contributed by atoms with Gasteiger partial charge in [0.2, 0.25) is 0 Å². The van der Waals surface area contributed by atoms with Crippen molar-refractivity contribution in [1.29, 1.82) is 0 Å². The number of aryl methyl sites for hydroxylation is 1. The normalized spacial score (nSPS) is 10.2. The predicted molar refractivity (Wildman–Crippen MR) is 90.3 cm³/mol. The molecule has 0 atom stereocenters. The number of benzene rings is 2. The fraction of sp³-hybridized carbons (Fsp3) is 0.188. The maximum Gasteiger partial charge on any atom is 0.338 e. The van der Waals surface area contributed by atoms with Gasteiger partial charge >= 0.3 is 17.3 Å². The maximum atomic E-state index is 11.6. The average molecular weight is 345 g/mol. The molecule has 1 N–H and O–H groups in total. The summed E-state index contributed by atoms with van der Waals surface area (Å²) in [5, 5.41) is 25.5. The third kappa shape index (κ3) is 3.55. The van der Waals surface area contributed by atoms with E-state index >= 15 is 0 Å². The SMILES string of the molecule is COC(=O)c1cc([N+](=O)[O-])c(Nc2cccc(C)c2C)c([N+](=O)[O-])c1. The molecule has 0 heterocycles. The fourth-order valence-electron chi connectivity index (χ4n) is 2.28. The molecule has 130 valence electrons. The molecule has 0 spiro atoms. The molecule has 9 nitrogen and oxygen atoms in total. The Balaban J connectivity index is 2.70. The molecular weight excluding hydrogens is 330 g/mol. The second kappa shape index (κ2) is 6.95. The molecule has 0 aliphatic carbocycles. The van der Waals surface area contributed by atoms with Crippen molar-refractivity contribution in [3.05, 3.63) is 67.3 Å². The van der Waals surface area contributed by atoms with E-state index in [1.54, 1.807) is 19.1 Å². The van der Waals surface area contributed by atoms with E-state index in [1.807, 2.05) is 13.0 Å². The third-order valence-electron chi connectivity index (χ3n) is 3.78. The Bertz CT molecular complexity index is 843. The minimum atomic E-state index is -0.899. The topological polar surface area (TPSA) is 125 Å². The first kappa shape index (κ1) is 17.9. The summed E-state index contributed by atoms with van der Waals surface area (Å²) in [5.74, 6) is -0.899. The summed E-state index contributed by atoms with van der Waals surface area (Å²) in [6.45, 7) is 3.64. The van der Waals surface area contributed by atoms with E-state index in [-0.39, 0.29) is 11.3 Å². The number of carbonyl (C=O) groups excluding carboxylic acids is 1. The molecular formula is C16H15N3O6. The second-order valence-electron chi connectivity index (χ2n) is 5.27. The largest absolute Gasteiger partial charge is 0.465 e. The molecule has 0 saturated heterocycles. The number of nitrogens with zero attached hydrogens (tertiary/aromatic N) is 2. The van der Waals surface area contributed by atoms with Gasteiger partial charge in [0.25, 0.3) is 0 Å². The number of nitro benzene ring substituents is 2. The number of nitrogens with one attached hydrogen (secondary N) is 1. The number of hydrogen-bond donors (Lipinski definition) is 1. The van der Waals surface area contributed by atoms with Crippen molar-refractivity contribution in [3.8, 4) is 0 Å². The van der Waals surface area contributed by atoms with Gasteiger partial charge in [-0.1, -0.05) is 12.1 Å². The maximum absolute atomic E-state index is 11.6. The third-order valence-corrected chi connectivity index (χ3v) is 3.78. The lowest BCUT2D eigenvalue weighted by Gasteiger charge is -2.12. The Kier molecular flexibility index (Phi) is 4.97. The molecule has 0 amide bonds. The van der Waals surface area contributed by atoms with Crippen LogP contribution >= 0.6 is 0 Å². The molecule has 0 radical (unpaired) electrons. The van der Waals surface area contributed by atoms with Crippen LogP contribution in [0.1, 0.15) is 21.5 Å². The van der Waals surface area contributed by atoms with Gasteiger partial charge in [0.15, 0.2) is 5.69 Å². The lowest BCUT2D eigenvalue weighted by Crippen LogP contribution is -2.08. The van der Waals surface area contributed by atoms with Crippen molar-refractivity contribution < 1.29 is 19.4 Å². The van der Waals surface area contributed by atoms with Crippen LogP contribution in [-0.2, 0) is 4.74 Å². The summed E-state index contributed by atoms with van der Waals surface area (Å²) < 4.78 is 4.49. The van der Waals surface area contributed by atoms with E-state index in [1.165, 1.54) is 0 Å². The van der Waals surface area contributed by atoms with E-state index in [4.69, 9.17) is 0 Å². The average Bonchev–Trinajstić information content (AvgIpc) is 2.57. The molecule has 0 unspecified atom stereocenters. The number of ether oxygens (including phenoxy) is 1. The molecule has 0 fully saturated rings.